The van der Waals surface area contributed by atoms with Gasteiger partial charge in [-0.05, 0) is 82.1 Å². The molecule has 0 radical (unpaired) electrons. The van der Waals surface area contributed by atoms with Crippen LogP contribution in [0.1, 0.15) is 16.4 Å². The Morgan fingerprint density at radius 1 is 0.463 bits per heavy atom. The van der Waals surface area contributed by atoms with Gasteiger partial charge in [0.25, 0.3) is 0 Å². The van der Waals surface area contributed by atoms with Gasteiger partial charge in [-0.1, -0.05) is 78.7 Å². The maximum atomic E-state index is 9.27. The molecule has 0 saturated carbocycles. The van der Waals surface area contributed by atoms with E-state index in [0.717, 1.165) is 32.5 Å². The van der Waals surface area contributed by atoms with E-state index in [1.807, 2.05) is 48.5 Å². The summed E-state index contributed by atoms with van der Waals surface area (Å²) in [5.41, 5.74) is 0.353. The maximum Gasteiger partial charge on any atom is 0.137 e. The molecule has 0 fully saturated rings. The zero-order chi connectivity index (χ0) is 37.4. The average Bonchev–Trinajstić information content (AvgIpc) is 3.74. The van der Waals surface area contributed by atoms with Crippen LogP contribution in [0.5, 0.6) is 0 Å². The first-order valence-corrected chi connectivity index (χ1v) is 12.9. The Morgan fingerprint density at radius 2 is 1.22 bits per heavy atom. The minimum Gasteiger partial charge on any atom is -0.456 e. The molecule has 3 nitrogen and oxygen atoms in total. The fourth-order valence-electron chi connectivity index (χ4n) is 5.64. The van der Waals surface area contributed by atoms with E-state index in [0.29, 0.717) is 11.0 Å². The third-order valence-corrected chi connectivity index (χ3v) is 7.44. The van der Waals surface area contributed by atoms with Crippen LogP contribution in [-0.4, -0.2) is 0 Å². The summed E-state index contributed by atoms with van der Waals surface area (Å²) < 4.78 is 116. The molecule has 0 spiro atoms. The number of furan rings is 2. The van der Waals surface area contributed by atoms with Crippen molar-refractivity contribution >= 4 is 82.5 Å². The van der Waals surface area contributed by atoms with Gasteiger partial charge >= 0.3 is 0 Å². The van der Waals surface area contributed by atoms with Crippen LogP contribution in [-0.2, 0) is 0 Å². The van der Waals surface area contributed by atoms with E-state index in [9.17, 15) is 1.37 Å². The molecule has 9 rings (SSSR count). The molecule has 0 unspecified atom stereocenters. The zero-order valence-electron chi connectivity index (χ0n) is 33.1. The fourth-order valence-corrected chi connectivity index (χ4v) is 5.64. The number of nitrogens with zero attached hydrogens (tertiary/aromatic N) is 1. The normalized spacial score (nSPS) is 16.0. The van der Waals surface area contributed by atoms with Gasteiger partial charge in [-0.15, -0.1) is 0 Å². The summed E-state index contributed by atoms with van der Waals surface area (Å²) in [6, 6.07) is 13.4. The Morgan fingerprint density at radius 3 is 2.17 bits per heavy atom. The quantitative estimate of drug-likeness (QED) is 0.210. The lowest BCUT2D eigenvalue weighted by atomic mass is 9.98. The summed E-state index contributed by atoms with van der Waals surface area (Å²) in [5.74, 6) is 0. The summed E-state index contributed by atoms with van der Waals surface area (Å²) in [6.07, 6.45) is 0. The Balaban J connectivity index is 1.46. The van der Waals surface area contributed by atoms with Crippen molar-refractivity contribution in [3.63, 3.8) is 0 Å². The number of hydrogen-bond acceptors (Lipinski definition) is 3. The highest BCUT2D eigenvalue weighted by Crippen LogP contribution is 2.44. The van der Waals surface area contributed by atoms with E-state index in [2.05, 4.69) is 0 Å². The molecule has 192 valence electrons. The summed E-state index contributed by atoms with van der Waals surface area (Å²) in [5, 5.41) is 4.61. The molecule has 0 atom stereocenters. The monoisotopic (exact) mass is 537 g/mol. The third kappa shape index (κ3) is 3.33. The van der Waals surface area contributed by atoms with Crippen LogP contribution in [0, 0.1) is 0 Å². The number of anilines is 3. The summed E-state index contributed by atoms with van der Waals surface area (Å²) in [4.78, 5) is 1.24. The average molecular weight is 538 g/mol. The highest BCUT2D eigenvalue weighted by Gasteiger charge is 2.20. The minimum absolute atomic E-state index is 0.144. The molecule has 2 aromatic heterocycles. The molecule has 9 aromatic rings. The molecule has 41 heavy (non-hydrogen) atoms. The van der Waals surface area contributed by atoms with Gasteiger partial charge in [0.2, 0.25) is 0 Å². The molecular weight excluding hydrogens is 502 g/mol. The fraction of sp³-hybridized carbons (Fsp3) is 0. The van der Waals surface area contributed by atoms with Crippen molar-refractivity contribution in [2.75, 3.05) is 4.90 Å². The number of benzene rings is 7. The van der Waals surface area contributed by atoms with Gasteiger partial charge in [-0.2, -0.15) is 0 Å². The second kappa shape index (κ2) is 8.48. The van der Waals surface area contributed by atoms with Crippen LogP contribution >= 0.6 is 0 Å². The first-order chi connectivity index (χ1) is 25.3. The Kier molecular flexibility index (Phi) is 2.83. The Hall–Kier alpha value is -5.54. The lowest BCUT2D eigenvalue weighted by Crippen LogP contribution is -2.10. The molecule has 0 saturated heterocycles. The first-order valence-electron chi connectivity index (χ1n) is 18.9. The van der Waals surface area contributed by atoms with E-state index >= 15 is 0 Å². The highest BCUT2D eigenvalue weighted by atomic mass is 16.3. The molecule has 0 bridgehead atoms. The summed E-state index contributed by atoms with van der Waals surface area (Å²) >= 11 is 0. The first kappa shape index (κ1) is 13.7. The number of para-hydroxylation sites is 3. The molecule has 7 aromatic carbocycles. The molecule has 0 aliphatic heterocycles. The molecular formula is C38H23NO2. The molecule has 2 heterocycles. The van der Waals surface area contributed by atoms with E-state index in [1.165, 1.54) is 4.90 Å². The molecule has 0 N–H and O–H groups in total. The van der Waals surface area contributed by atoms with Crippen LogP contribution in [0.2, 0.25) is 0 Å². The third-order valence-electron chi connectivity index (χ3n) is 7.44. The second-order valence-corrected chi connectivity index (χ2v) is 9.68. The number of rotatable bonds is 3. The van der Waals surface area contributed by atoms with E-state index in [4.69, 9.17) is 23.9 Å². The smallest absolute Gasteiger partial charge is 0.137 e. The van der Waals surface area contributed by atoms with Crippen molar-refractivity contribution in [2.24, 2.45) is 0 Å². The van der Waals surface area contributed by atoms with Crippen molar-refractivity contribution in [1.29, 1.82) is 0 Å². The van der Waals surface area contributed by atoms with Crippen LogP contribution in [0.25, 0.3) is 65.4 Å². The number of hydrogen-bond donors (Lipinski definition) is 0. The predicted octanol–water partition coefficient (Wildman–Crippen LogP) is 11.3. The standard InChI is InChI=1S/C38H23NO2/c1-2-9-26(10-3-1)39(33-13-8-16-36-38(33)29-12-5-7-15-35(29)40-36)27-20-19-24-17-18-25-21-37-32(23-31(25)30(24)22-27)28-11-4-6-14-34(28)41-37/h1-23H/i1D,2D,3D,5D,7D,8D,9D,10D,12D,13D,15D,16D. The number of fused-ring (bicyclic) bond motifs is 9. The van der Waals surface area contributed by atoms with Gasteiger partial charge in [-0.3, -0.25) is 0 Å². The SMILES string of the molecule is [2H]c1c([2H])c([2H])c(N(c2ccc3ccc4cc5oc6ccccc6c5cc4c3c2)c2c([2H])c([2H])c([2H])c3oc4c([2H])c([2H])c([2H])c([2H])c4c23)c([2H])c1[2H]. The lowest BCUT2D eigenvalue weighted by Gasteiger charge is -2.26. The molecule has 0 aliphatic rings. The topological polar surface area (TPSA) is 29.5 Å². The van der Waals surface area contributed by atoms with Crippen LogP contribution in [0.4, 0.5) is 17.1 Å². The van der Waals surface area contributed by atoms with Gasteiger partial charge in [-0.25, -0.2) is 0 Å². The van der Waals surface area contributed by atoms with Crippen LogP contribution in [0.3, 0.4) is 0 Å². The van der Waals surface area contributed by atoms with Gasteiger partial charge in [0, 0.05) is 27.5 Å². The molecule has 0 amide bonds. The largest absolute Gasteiger partial charge is 0.456 e. The highest BCUT2D eigenvalue weighted by molar-refractivity contribution is 6.18. The predicted molar refractivity (Wildman–Crippen MR) is 171 cm³/mol. The Labute approximate surface area is 252 Å². The van der Waals surface area contributed by atoms with E-state index in [1.54, 1.807) is 18.2 Å². The van der Waals surface area contributed by atoms with Crippen molar-refractivity contribution < 1.29 is 25.3 Å². The minimum atomic E-state index is -0.656. The Bertz CT molecular complexity index is 3090. The van der Waals surface area contributed by atoms with Crippen molar-refractivity contribution in [1.82, 2.24) is 0 Å². The lowest BCUT2D eigenvalue weighted by molar-refractivity contribution is 0.669. The van der Waals surface area contributed by atoms with E-state index < -0.39 is 72.5 Å². The molecule has 0 aliphatic carbocycles. The summed E-state index contributed by atoms with van der Waals surface area (Å²) in [7, 11) is 0. The van der Waals surface area contributed by atoms with Crippen molar-refractivity contribution in [3.8, 4) is 0 Å². The van der Waals surface area contributed by atoms with Gasteiger partial charge < -0.3 is 13.7 Å². The van der Waals surface area contributed by atoms with Gasteiger partial charge in [0.05, 0.1) is 27.5 Å². The summed E-state index contributed by atoms with van der Waals surface area (Å²) in [6.45, 7) is 0. The molecule has 3 heteroatoms. The van der Waals surface area contributed by atoms with Crippen molar-refractivity contribution in [3.05, 3.63) is 139 Å². The van der Waals surface area contributed by atoms with Gasteiger partial charge in [0.15, 0.2) is 0 Å². The van der Waals surface area contributed by atoms with Crippen LogP contribution < -0.4 is 4.90 Å². The second-order valence-electron chi connectivity index (χ2n) is 9.68. The van der Waals surface area contributed by atoms with Crippen LogP contribution in [0.15, 0.2) is 148 Å². The maximum absolute atomic E-state index is 9.27. The zero-order valence-corrected chi connectivity index (χ0v) is 21.1. The van der Waals surface area contributed by atoms with Crippen molar-refractivity contribution in [2.45, 2.75) is 0 Å². The van der Waals surface area contributed by atoms with E-state index in [-0.39, 0.29) is 39.0 Å². The van der Waals surface area contributed by atoms with Gasteiger partial charge in [0.1, 0.15) is 22.3 Å².